The van der Waals surface area contributed by atoms with Crippen LogP contribution in [0.1, 0.15) is 5.56 Å². The Labute approximate surface area is 155 Å². The zero-order valence-corrected chi connectivity index (χ0v) is 15.2. The first kappa shape index (κ1) is 18.3. The van der Waals surface area contributed by atoms with Gasteiger partial charge in [0.2, 0.25) is 0 Å². The van der Waals surface area contributed by atoms with E-state index in [1.54, 1.807) is 12.1 Å². The van der Waals surface area contributed by atoms with Gasteiger partial charge < -0.3 is 0 Å². The van der Waals surface area contributed by atoms with Crippen LogP contribution in [0.15, 0.2) is 72.8 Å². The van der Waals surface area contributed by atoms with E-state index in [-0.39, 0.29) is 0 Å². The number of halogens is 5. The van der Waals surface area contributed by atoms with E-state index < -0.39 is 19.7 Å². The quantitative estimate of drug-likeness (QED) is 0.491. The van der Waals surface area contributed by atoms with Crippen LogP contribution in [0.4, 0.5) is 13.2 Å². The molecule has 0 unspecified atom stereocenters. The number of hydrogen-bond donors (Lipinski definition) is 0. The molecular weight excluding hydrogens is 387 g/mol. The van der Waals surface area contributed by atoms with Crippen LogP contribution in [0.5, 0.6) is 0 Å². The van der Waals surface area contributed by atoms with E-state index in [0.717, 1.165) is 28.0 Å². The van der Waals surface area contributed by atoms with Crippen LogP contribution in [0.25, 0.3) is 0 Å². The number of hydrogen-bond acceptors (Lipinski definition) is 0. The molecule has 0 fully saturated rings. The minimum Gasteiger partial charge on any atom is -0.166 e. The summed E-state index contributed by atoms with van der Waals surface area (Å²) in [7, 11) is -1.06. The van der Waals surface area contributed by atoms with Crippen molar-refractivity contribution in [3.05, 3.63) is 88.4 Å². The second kappa shape index (κ2) is 7.37. The maximum absolute atomic E-state index is 12.8. The van der Waals surface area contributed by atoms with Gasteiger partial charge in [0.25, 0.3) is 0 Å². The highest BCUT2D eigenvalue weighted by atomic mass is 35.5. The van der Waals surface area contributed by atoms with Crippen molar-refractivity contribution in [2.75, 3.05) is 0 Å². The molecule has 3 rings (SSSR count). The van der Waals surface area contributed by atoms with Crippen LogP contribution >= 0.6 is 31.1 Å². The van der Waals surface area contributed by atoms with E-state index in [1.807, 2.05) is 36.4 Å². The summed E-state index contributed by atoms with van der Waals surface area (Å²) in [6, 6.07) is 20.0. The predicted octanol–water partition coefficient (Wildman–Crippen LogP) is 5.77. The Kier molecular flexibility index (Phi) is 5.38. The average Bonchev–Trinajstić information content (AvgIpc) is 2.55. The molecule has 0 saturated heterocycles. The summed E-state index contributed by atoms with van der Waals surface area (Å²) in [5.74, 6) is 0. The van der Waals surface area contributed by atoms with Crippen LogP contribution in [-0.2, 0) is 6.18 Å². The molecule has 0 atom stereocenters. The Morgan fingerprint density at radius 2 is 1.12 bits per heavy atom. The molecule has 25 heavy (non-hydrogen) atoms. The van der Waals surface area contributed by atoms with Crippen LogP contribution in [0.2, 0.25) is 10.0 Å². The Morgan fingerprint density at radius 3 is 1.52 bits per heavy atom. The zero-order chi connectivity index (χ0) is 18.0. The largest absolute Gasteiger partial charge is 0.416 e. The summed E-state index contributed by atoms with van der Waals surface area (Å²) in [5, 5.41) is 3.86. The standard InChI is InChI=1S/C19H12Cl2F3P/c20-14-3-1-5-17(11-14)25(18-6-2-4-15(21)12-18)16-9-7-13(8-10-16)19(22,23)24/h1-12H. The van der Waals surface area contributed by atoms with Crippen molar-refractivity contribution in [1.82, 2.24) is 0 Å². The second-order valence-corrected chi connectivity index (χ2v) is 8.43. The molecular formula is C19H12Cl2F3P. The van der Waals surface area contributed by atoms with Crippen molar-refractivity contribution in [1.29, 1.82) is 0 Å². The highest BCUT2D eigenvalue weighted by molar-refractivity contribution is 7.79. The smallest absolute Gasteiger partial charge is 0.166 e. The van der Waals surface area contributed by atoms with E-state index >= 15 is 0 Å². The van der Waals surface area contributed by atoms with E-state index in [4.69, 9.17) is 23.2 Å². The van der Waals surface area contributed by atoms with Crippen LogP contribution < -0.4 is 15.9 Å². The van der Waals surface area contributed by atoms with E-state index in [1.165, 1.54) is 12.1 Å². The Balaban J connectivity index is 2.11. The van der Waals surface area contributed by atoms with Crippen molar-refractivity contribution >= 4 is 47.0 Å². The summed E-state index contributed by atoms with van der Waals surface area (Å²) in [5.41, 5.74) is -0.664. The van der Waals surface area contributed by atoms with Gasteiger partial charge in [-0.25, -0.2) is 0 Å². The normalized spacial score (nSPS) is 11.8. The molecule has 0 saturated carbocycles. The lowest BCUT2D eigenvalue weighted by molar-refractivity contribution is -0.137. The molecule has 0 aromatic heterocycles. The molecule has 3 aromatic carbocycles. The summed E-state index contributed by atoms with van der Waals surface area (Å²) < 4.78 is 38.5. The van der Waals surface area contributed by atoms with Crippen molar-refractivity contribution in [2.24, 2.45) is 0 Å². The molecule has 0 aliphatic carbocycles. The average molecular weight is 399 g/mol. The summed E-state index contributed by atoms with van der Waals surface area (Å²) in [6.45, 7) is 0. The van der Waals surface area contributed by atoms with E-state index in [2.05, 4.69) is 0 Å². The SMILES string of the molecule is FC(F)(F)c1ccc(P(c2cccc(Cl)c2)c2cccc(Cl)c2)cc1. The second-order valence-electron chi connectivity index (χ2n) is 5.34. The predicted molar refractivity (Wildman–Crippen MR) is 100 cm³/mol. The van der Waals surface area contributed by atoms with Gasteiger partial charge in [-0.1, -0.05) is 59.6 Å². The molecule has 0 aliphatic heterocycles. The fraction of sp³-hybridized carbons (Fsp3) is 0.0526. The number of alkyl halides is 3. The van der Waals surface area contributed by atoms with Crippen molar-refractivity contribution in [3.8, 4) is 0 Å². The molecule has 0 nitrogen and oxygen atoms in total. The van der Waals surface area contributed by atoms with Gasteiger partial charge in [-0.2, -0.15) is 13.2 Å². The minimum atomic E-state index is -4.35. The van der Waals surface area contributed by atoms with Crippen LogP contribution in [0, 0.1) is 0 Å². The topological polar surface area (TPSA) is 0 Å². The first-order valence-corrected chi connectivity index (χ1v) is 9.43. The number of rotatable bonds is 3. The fourth-order valence-electron chi connectivity index (χ4n) is 2.48. The van der Waals surface area contributed by atoms with E-state index in [0.29, 0.717) is 10.0 Å². The molecule has 0 radical (unpaired) electrons. The van der Waals surface area contributed by atoms with Crippen molar-refractivity contribution in [3.63, 3.8) is 0 Å². The number of benzene rings is 3. The summed E-state index contributed by atoms with van der Waals surface area (Å²) >= 11 is 12.2. The third kappa shape index (κ3) is 4.36. The lowest BCUT2D eigenvalue weighted by atomic mass is 10.2. The summed E-state index contributed by atoms with van der Waals surface area (Å²) in [6.07, 6.45) is -4.35. The molecule has 0 spiro atoms. The Morgan fingerprint density at radius 1 is 0.640 bits per heavy atom. The van der Waals surface area contributed by atoms with Crippen LogP contribution in [-0.4, -0.2) is 0 Å². The van der Waals surface area contributed by atoms with Gasteiger partial charge in [0.15, 0.2) is 0 Å². The van der Waals surface area contributed by atoms with Gasteiger partial charge in [0.05, 0.1) is 5.56 Å². The molecule has 0 aliphatic rings. The van der Waals surface area contributed by atoms with Gasteiger partial charge in [-0.15, -0.1) is 0 Å². The van der Waals surface area contributed by atoms with Crippen LogP contribution in [0.3, 0.4) is 0 Å². The lowest BCUT2D eigenvalue weighted by Crippen LogP contribution is -2.21. The zero-order valence-electron chi connectivity index (χ0n) is 12.8. The van der Waals surface area contributed by atoms with Crippen molar-refractivity contribution in [2.45, 2.75) is 6.18 Å². The third-order valence-electron chi connectivity index (χ3n) is 3.59. The molecule has 0 N–H and O–H groups in total. The highest BCUT2D eigenvalue weighted by Gasteiger charge is 2.30. The molecule has 128 valence electrons. The van der Waals surface area contributed by atoms with Gasteiger partial charge in [-0.3, -0.25) is 0 Å². The van der Waals surface area contributed by atoms with Gasteiger partial charge in [0, 0.05) is 10.0 Å². The van der Waals surface area contributed by atoms with Gasteiger partial charge in [0.1, 0.15) is 0 Å². The Hall–Kier alpha value is -1.54. The summed E-state index contributed by atoms with van der Waals surface area (Å²) in [4.78, 5) is 0. The van der Waals surface area contributed by atoms with Gasteiger partial charge >= 0.3 is 6.18 Å². The molecule has 6 heteroatoms. The fourth-order valence-corrected chi connectivity index (χ4v) is 5.36. The first-order valence-electron chi connectivity index (χ1n) is 7.33. The van der Waals surface area contributed by atoms with E-state index in [9.17, 15) is 13.2 Å². The van der Waals surface area contributed by atoms with Gasteiger partial charge in [-0.05, 0) is 60.2 Å². The molecule has 0 heterocycles. The van der Waals surface area contributed by atoms with Crippen molar-refractivity contribution < 1.29 is 13.2 Å². The maximum Gasteiger partial charge on any atom is 0.416 e. The monoisotopic (exact) mass is 398 g/mol. The maximum atomic E-state index is 12.8. The molecule has 0 amide bonds. The molecule has 3 aromatic rings. The highest BCUT2D eigenvalue weighted by Crippen LogP contribution is 2.36. The minimum absolute atomic E-state index is 0.582. The molecule has 0 bridgehead atoms. The lowest BCUT2D eigenvalue weighted by Gasteiger charge is -2.20. The third-order valence-corrected chi connectivity index (χ3v) is 6.46. The Bertz CT molecular complexity index is 831. The first-order chi connectivity index (χ1) is 11.8.